The van der Waals surface area contributed by atoms with Gasteiger partial charge < -0.3 is 16.6 Å². The van der Waals surface area contributed by atoms with Crippen molar-refractivity contribution < 1.29 is 23.5 Å². The molecule has 0 bridgehead atoms. The molecule has 0 aliphatic carbocycles. The molecule has 14 heavy (non-hydrogen) atoms. The molecule has 0 aromatic rings. The Morgan fingerprint density at radius 3 is 2.21 bits per heavy atom. The van der Waals surface area contributed by atoms with E-state index in [1.54, 1.807) is 0 Å². The number of ketones is 1. The summed E-state index contributed by atoms with van der Waals surface area (Å²) in [4.78, 5) is 21.1. The highest BCUT2D eigenvalue weighted by atomic mass is 19.3. The summed E-state index contributed by atoms with van der Waals surface area (Å²) < 4.78 is 24.5. The summed E-state index contributed by atoms with van der Waals surface area (Å²) >= 11 is 0. The Bertz CT molecular complexity index is 235. The number of carbonyl (C=O) groups excluding carboxylic acids is 1. The van der Waals surface area contributed by atoms with Gasteiger partial charge in [0, 0.05) is 6.42 Å². The van der Waals surface area contributed by atoms with Crippen LogP contribution in [-0.4, -0.2) is 35.4 Å². The molecule has 0 radical (unpaired) electrons. The molecule has 0 amide bonds. The van der Waals surface area contributed by atoms with Gasteiger partial charge in [-0.15, -0.1) is 0 Å². The van der Waals surface area contributed by atoms with E-state index in [1.165, 1.54) is 0 Å². The third kappa shape index (κ3) is 3.00. The Hall–Kier alpha value is -1.08. The van der Waals surface area contributed by atoms with E-state index in [0.717, 1.165) is 0 Å². The van der Waals surface area contributed by atoms with Crippen LogP contribution in [0.15, 0.2) is 0 Å². The molecule has 0 saturated heterocycles. The zero-order valence-electron chi connectivity index (χ0n) is 7.37. The van der Waals surface area contributed by atoms with Crippen LogP contribution in [0.2, 0.25) is 0 Å². The van der Waals surface area contributed by atoms with Crippen molar-refractivity contribution in [1.29, 1.82) is 0 Å². The van der Waals surface area contributed by atoms with E-state index in [-0.39, 0.29) is 13.0 Å². The molecule has 82 valence electrons. The highest BCUT2D eigenvalue weighted by molar-refractivity contribution is 5.83. The fraction of sp³-hybridized carbons (Fsp3) is 0.714. The average Bonchev–Trinajstić information content (AvgIpc) is 2.12. The highest BCUT2D eigenvalue weighted by Gasteiger charge is 2.43. The second-order valence-electron chi connectivity index (χ2n) is 2.89. The van der Waals surface area contributed by atoms with Crippen molar-refractivity contribution in [2.24, 2.45) is 11.5 Å². The minimum atomic E-state index is -3.22. The Kier molecular flexibility index (Phi) is 4.58. The normalized spacial score (nSPS) is 15.2. The molecule has 0 spiro atoms. The van der Waals surface area contributed by atoms with Gasteiger partial charge in [0.1, 0.15) is 5.78 Å². The van der Waals surface area contributed by atoms with Gasteiger partial charge in [-0.25, -0.2) is 13.6 Å². The van der Waals surface area contributed by atoms with E-state index < -0.39 is 30.1 Å². The van der Waals surface area contributed by atoms with Gasteiger partial charge in [-0.2, -0.15) is 0 Å². The molecule has 5 nitrogen and oxygen atoms in total. The topological polar surface area (TPSA) is 106 Å². The first-order valence-corrected chi connectivity index (χ1v) is 3.86. The van der Waals surface area contributed by atoms with Crippen molar-refractivity contribution in [2.45, 2.75) is 24.8 Å². The monoisotopic (exact) mass is 210 g/mol. The van der Waals surface area contributed by atoms with E-state index in [1.807, 2.05) is 0 Å². The smallest absolute Gasteiger partial charge is 0.329 e. The molecule has 1 atom stereocenters. The summed E-state index contributed by atoms with van der Waals surface area (Å²) in [5.74, 6) is -2.32. The maximum Gasteiger partial charge on any atom is 0.329 e. The van der Waals surface area contributed by atoms with Crippen LogP contribution in [0, 0.1) is 0 Å². The molecule has 0 fully saturated rings. The zero-order valence-corrected chi connectivity index (χ0v) is 7.37. The quantitative estimate of drug-likeness (QED) is 0.539. The number of hydrogen-bond donors (Lipinski definition) is 3. The molecular weight excluding hydrogens is 198 g/mol. The number of carboxylic acid groups (broad SMARTS) is 1. The summed E-state index contributed by atoms with van der Waals surface area (Å²) in [5, 5.41) is 8.44. The van der Waals surface area contributed by atoms with Gasteiger partial charge >= 0.3 is 5.97 Å². The van der Waals surface area contributed by atoms with Crippen molar-refractivity contribution in [3.8, 4) is 0 Å². The first-order valence-electron chi connectivity index (χ1n) is 3.86. The Labute approximate surface area is 79.1 Å². The molecule has 0 aliphatic heterocycles. The maximum absolute atomic E-state index is 12.2. The lowest BCUT2D eigenvalue weighted by Gasteiger charge is -2.22. The zero-order chi connectivity index (χ0) is 11.4. The van der Waals surface area contributed by atoms with Crippen molar-refractivity contribution in [1.82, 2.24) is 0 Å². The number of halogens is 2. The summed E-state index contributed by atoms with van der Waals surface area (Å²) in [6, 6.07) is 0. The number of rotatable bonds is 6. The summed E-state index contributed by atoms with van der Waals surface area (Å²) in [5.41, 5.74) is 7.21. The molecule has 1 unspecified atom stereocenters. The Morgan fingerprint density at radius 2 is 1.93 bits per heavy atom. The second kappa shape index (κ2) is 4.97. The van der Waals surface area contributed by atoms with Gasteiger partial charge in [0.2, 0.25) is 0 Å². The van der Waals surface area contributed by atoms with Gasteiger partial charge in [-0.1, -0.05) is 0 Å². The Balaban J connectivity index is 4.39. The second-order valence-corrected chi connectivity index (χ2v) is 2.89. The lowest BCUT2D eigenvalue weighted by atomic mass is 9.94. The summed E-state index contributed by atoms with van der Waals surface area (Å²) in [6.07, 6.45) is -4.19. The third-order valence-electron chi connectivity index (χ3n) is 1.83. The summed E-state index contributed by atoms with van der Waals surface area (Å²) in [6.45, 7) is -0.307. The number of aliphatic carboxylic acids is 1. The largest absolute Gasteiger partial charge is 0.480 e. The van der Waals surface area contributed by atoms with Crippen molar-refractivity contribution in [3.63, 3.8) is 0 Å². The van der Waals surface area contributed by atoms with Gasteiger partial charge in [0.15, 0.2) is 5.54 Å². The molecule has 5 N–H and O–H groups in total. The number of nitrogens with two attached hydrogens (primary N) is 2. The molecule has 0 heterocycles. The van der Waals surface area contributed by atoms with Crippen LogP contribution in [0.25, 0.3) is 0 Å². The first-order chi connectivity index (χ1) is 6.34. The van der Waals surface area contributed by atoms with E-state index >= 15 is 0 Å². The molecule has 0 aliphatic rings. The molecule has 7 heteroatoms. The minimum Gasteiger partial charge on any atom is -0.480 e. The van der Waals surface area contributed by atoms with E-state index in [9.17, 15) is 18.4 Å². The fourth-order valence-corrected chi connectivity index (χ4v) is 0.758. The number of hydrogen-bond acceptors (Lipinski definition) is 4. The van der Waals surface area contributed by atoms with Crippen LogP contribution in [0.3, 0.4) is 0 Å². The summed E-state index contributed by atoms with van der Waals surface area (Å²) in [7, 11) is 0. The van der Waals surface area contributed by atoms with E-state index in [2.05, 4.69) is 0 Å². The number of carboxylic acids is 1. The Morgan fingerprint density at radius 1 is 1.43 bits per heavy atom. The molecule has 0 aromatic heterocycles. The average molecular weight is 210 g/mol. The SMILES string of the molecule is NCC(=O)CCC(N)(C(=O)O)C(F)F. The standard InChI is InChI=1S/C7H12F2N2O3/c8-5(9)7(11,6(13)14)2-1-4(12)3-10/h5H,1-3,10-11H2,(H,13,14). The predicted octanol–water partition coefficient (Wildman–Crippen LogP) is -0.658. The van der Waals surface area contributed by atoms with Crippen molar-refractivity contribution in [2.75, 3.05) is 6.54 Å². The van der Waals surface area contributed by atoms with Crippen LogP contribution >= 0.6 is 0 Å². The van der Waals surface area contributed by atoms with Gasteiger partial charge in [-0.05, 0) is 6.42 Å². The minimum absolute atomic E-state index is 0.307. The van der Waals surface area contributed by atoms with E-state index in [4.69, 9.17) is 16.6 Å². The van der Waals surface area contributed by atoms with Crippen LogP contribution in [0.5, 0.6) is 0 Å². The van der Waals surface area contributed by atoms with Gasteiger partial charge in [0.05, 0.1) is 6.54 Å². The molecule has 0 aromatic carbocycles. The van der Waals surface area contributed by atoms with Crippen LogP contribution < -0.4 is 11.5 Å². The fourth-order valence-electron chi connectivity index (χ4n) is 0.758. The first kappa shape index (κ1) is 12.9. The van der Waals surface area contributed by atoms with Gasteiger partial charge in [-0.3, -0.25) is 4.79 Å². The van der Waals surface area contributed by atoms with Crippen molar-refractivity contribution >= 4 is 11.8 Å². The highest BCUT2D eigenvalue weighted by Crippen LogP contribution is 2.19. The molecule has 0 saturated carbocycles. The predicted molar refractivity (Wildman–Crippen MR) is 43.9 cm³/mol. The number of alkyl halides is 2. The van der Waals surface area contributed by atoms with Gasteiger partial charge in [0.25, 0.3) is 6.43 Å². The van der Waals surface area contributed by atoms with Crippen LogP contribution in [0.1, 0.15) is 12.8 Å². The number of carbonyl (C=O) groups is 2. The van der Waals surface area contributed by atoms with Crippen LogP contribution in [-0.2, 0) is 9.59 Å². The number of Topliss-reactive ketones (excluding diaryl/α,β-unsaturated/α-hetero) is 1. The maximum atomic E-state index is 12.2. The van der Waals surface area contributed by atoms with E-state index in [0.29, 0.717) is 0 Å². The van der Waals surface area contributed by atoms with Crippen LogP contribution in [0.4, 0.5) is 8.78 Å². The molecular formula is C7H12F2N2O3. The third-order valence-corrected chi connectivity index (χ3v) is 1.83. The lowest BCUT2D eigenvalue weighted by molar-refractivity contribution is -0.150. The lowest BCUT2D eigenvalue weighted by Crippen LogP contribution is -2.54. The molecule has 0 rings (SSSR count). The van der Waals surface area contributed by atoms with Crippen molar-refractivity contribution in [3.05, 3.63) is 0 Å².